The van der Waals surface area contributed by atoms with Crippen LogP contribution < -0.4 is 10.1 Å². The summed E-state index contributed by atoms with van der Waals surface area (Å²) in [4.78, 5) is 27.3. The van der Waals surface area contributed by atoms with Gasteiger partial charge in [0.2, 0.25) is 5.91 Å². The molecule has 0 fully saturated rings. The number of ether oxygens (including phenoxy) is 1. The molecule has 0 saturated carbocycles. The second-order valence-corrected chi connectivity index (χ2v) is 6.89. The number of thioether (sulfide) groups is 1. The second-order valence-electron chi connectivity index (χ2n) is 5.86. The maximum Gasteiger partial charge on any atom is 0.286 e. The minimum absolute atomic E-state index is 0.253. The molecule has 26 heavy (non-hydrogen) atoms. The summed E-state index contributed by atoms with van der Waals surface area (Å²) in [6, 6.07) is 15.7. The van der Waals surface area contributed by atoms with Crippen molar-refractivity contribution in [1.82, 2.24) is 5.32 Å². The van der Waals surface area contributed by atoms with Gasteiger partial charge in [0.25, 0.3) is 5.91 Å². The Bertz CT molecular complexity index is 902. The average molecular weight is 366 g/mol. The van der Waals surface area contributed by atoms with E-state index in [4.69, 9.17) is 4.74 Å². The number of hydrogen-bond donors (Lipinski definition) is 1. The Balaban J connectivity index is 1.67. The van der Waals surface area contributed by atoms with Crippen LogP contribution in [0.25, 0.3) is 6.08 Å². The van der Waals surface area contributed by atoms with E-state index < -0.39 is 0 Å². The largest absolute Gasteiger partial charge is 0.489 e. The first-order valence-electron chi connectivity index (χ1n) is 8.08. The molecule has 6 heteroatoms. The van der Waals surface area contributed by atoms with Gasteiger partial charge >= 0.3 is 0 Å². The Kier molecular flexibility index (Phi) is 5.53. The van der Waals surface area contributed by atoms with Gasteiger partial charge in [0, 0.05) is 6.92 Å². The maximum absolute atomic E-state index is 11.9. The lowest BCUT2D eigenvalue weighted by Crippen LogP contribution is -2.23. The lowest BCUT2D eigenvalue weighted by Gasteiger charge is -2.07. The lowest BCUT2D eigenvalue weighted by atomic mass is 10.1. The number of benzene rings is 2. The van der Waals surface area contributed by atoms with Crippen molar-refractivity contribution in [3.05, 3.63) is 70.1 Å². The highest BCUT2D eigenvalue weighted by Gasteiger charge is 2.22. The summed E-state index contributed by atoms with van der Waals surface area (Å²) in [6.07, 6.45) is 1.74. The molecule has 3 rings (SSSR count). The van der Waals surface area contributed by atoms with E-state index in [0.29, 0.717) is 16.7 Å². The highest BCUT2D eigenvalue weighted by atomic mass is 32.2. The van der Waals surface area contributed by atoms with Gasteiger partial charge in [-0.05, 0) is 48.0 Å². The summed E-state index contributed by atoms with van der Waals surface area (Å²) < 4.78 is 5.83. The molecule has 1 heterocycles. The summed E-state index contributed by atoms with van der Waals surface area (Å²) in [6.45, 7) is 3.90. The fourth-order valence-corrected chi connectivity index (χ4v) is 3.17. The first-order chi connectivity index (χ1) is 12.5. The van der Waals surface area contributed by atoms with Crippen LogP contribution in [-0.4, -0.2) is 17.0 Å². The zero-order chi connectivity index (χ0) is 18.5. The quantitative estimate of drug-likeness (QED) is 0.838. The van der Waals surface area contributed by atoms with Crippen molar-refractivity contribution in [3.63, 3.8) is 0 Å². The monoisotopic (exact) mass is 366 g/mol. The number of amides is 2. The molecule has 0 radical (unpaired) electrons. The number of rotatable bonds is 4. The molecular formula is C20H18N2O3S. The lowest BCUT2D eigenvalue weighted by molar-refractivity contribution is -0.117. The molecule has 0 spiro atoms. The summed E-state index contributed by atoms with van der Waals surface area (Å²) in [5.41, 5.74) is 3.14. The van der Waals surface area contributed by atoms with Crippen molar-refractivity contribution in [1.29, 1.82) is 0 Å². The molecule has 5 nitrogen and oxygen atoms in total. The molecular weight excluding hydrogens is 348 g/mol. The Hall–Kier alpha value is -2.86. The van der Waals surface area contributed by atoms with Crippen molar-refractivity contribution in [2.75, 3.05) is 0 Å². The Morgan fingerprint density at radius 1 is 1.23 bits per heavy atom. The normalized spacial score (nSPS) is 15.1. The molecule has 0 aromatic heterocycles. The first-order valence-corrected chi connectivity index (χ1v) is 8.90. The van der Waals surface area contributed by atoms with Crippen LogP contribution in [0.3, 0.4) is 0 Å². The summed E-state index contributed by atoms with van der Waals surface area (Å²) in [5.74, 6) is 0.111. The molecule has 2 aromatic rings. The molecule has 1 aliphatic heterocycles. The van der Waals surface area contributed by atoms with Crippen molar-refractivity contribution in [2.45, 2.75) is 20.5 Å². The Morgan fingerprint density at radius 2 is 2.00 bits per heavy atom. The molecule has 2 aromatic carbocycles. The van der Waals surface area contributed by atoms with Crippen LogP contribution in [0.15, 0.2) is 58.4 Å². The first kappa shape index (κ1) is 17.9. The molecule has 0 atom stereocenters. The van der Waals surface area contributed by atoms with Crippen LogP contribution in [0.1, 0.15) is 23.6 Å². The van der Waals surface area contributed by atoms with E-state index >= 15 is 0 Å². The van der Waals surface area contributed by atoms with Gasteiger partial charge in [0.1, 0.15) is 12.4 Å². The van der Waals surface area contributed by atoms with Crippen molar-refractivity contribution < 1.29 is 14.3 Å². The number of carbonyl (C=O) groups is 2. The fraction of sp³-hybridized carbons (Fsp3) is 0.150. The van der Waals surface area contributed by atoms with Crippen LogP contribution in [0.2, 0.25) is 0 Å². The average Bonchev–Trinajstić information content (AvgIpc) is 2.93. The van der Waals surface area contributed by atoms with Crippen LogP contribution in [0.5, 0.6) is 5.75 Å². The van der Waals surface area contributed by atoms with Crippen molar-refractivity contribution in [2.24, 2.45) is 4.99 Å². The van der Waals surface area contributed by atoms with E-state index in [0.717, 1.165) is 28.6 Å². The molecule has 2 amide bonds. The fourth-order valence-electron chi connectivity index (χ4n) is 2.31. The maximum atomic E-state index is 11.9. The topological polar surface area (TPSA) is 67.8 Å². The highest BCUT2D eigenvalue weighted by Crippen LogP contribution is 2.28. The molecule has 1 N–H and O–H groups in total. The number of carbonyl (C=O) groups excluding carboxylic acids is 2. The number of hydrogen-bond acceptors (Lipinski definition) is 4. The predicted octanol–water partition coefficient (Wildman–Crippen LogP) is 3.68. The van der Waals surface area contributed by atoms with E-state index in [9.17, 15) is 9.59 Å². The van der Waals surface area contributed by atoms with Gasteiger partial charge in [-0.1, -0.05) is 42.0 Å². The molecule has 132 valence electrons. The number of aliphatic imine (C=N–C) groups is 1. The number of nitrogens with zero attached hydrogens (tertiary/aromatic N) is 1. The summed E-state index contributed by atoms with van der Waals surface area (Å²) in [7, 11) is 0. The van der Waals surface area contributed by atoms with Gasteiger partial charge in [0.05, 0.1) is 4.91 Å². The molecule has 0 unspecified atom stereocenters. The van der Waals surface area contributed by atoms with E-state index in [-0.39, 0.29) is 11.8 Å². The molecule has 0 bridgehead atoms. The van der Waals surface area contributed by atoms with Crippen LogP contribution in [0, 0.1) is 6.92 Å². The third-order valence-electron chi connectivity index (χ3n) is 3.59. The highest BCUT2D eigenvalue weighted by molar-refractivity contribution is 8.18. The zero-order valence-corrected chi connectivity index (χ0v) is 15.3. The third kappa shape index (κ3) is 4.83. The van der Waals surface area contributed by atoms with E-state index in [1.54, 1.807) is 6.08 Å². The van der Waals surface area contributed by atoms with Gasteiger partial charge in [-0.3, -0.25) is 9.59 Å². The van der Waals surface area contributed by atoms with Gasteiger partial charge in [0.15, 0.2) is 5.17 Å². The summed E-state index contributed by atoms with van der Waals surface area (Å²) >= 11 is 1.15. The third-order valence-corrected chi connectivity index (χ3v) is 4.48. The van der Waals surface area contributed by atoms with Crippen molar-refractivity contribution >= 4 is 34.8 Å². The standard InChI is InChI=1S/C20H18N2O3S/c1-13-6-8-15(9-7-13)12-25-17-5-3-4-16(10-17)11-18-19(24)22-20(26-18)21-14(2)23/h3-11H,12H2,1-2H3,(H,21,22,23,24)/b18-11-. The van der Waals surface area contributed by atoms with Crippen molar-refractivity contribution in [3.8, 4) is 5.75 Å². The smallest absolute Gasteiger partial charge is 0.286 e. The number of amidine groups is 1. The zero-order valence-electron chi connectivity index (χ0n) is 14.5. The minimum Gasteiger partial charge on any atom is -0.489 e. The van der Waals surface area contributed by atoms with Gasteiger partial charge in [-0.25, -0.2) is 0 Å². The Labute approximate surface area is 156 Å². The molecule has 0 aliphatic carbocycles. The number of aryl methyl sites for hydroxylation is 1. The summed E-state index contributed by atoms with van der Waals surface area (Å²) in [5, 5.41) is 2.84. The van der Waals surface area contributed by atoms with E-state index in [2.05, 4.69) is 22.4 Å². The minimum atomic E-state index is -0.357. The number of nitrogens with one attached hydrogen (secondary N) is 1. The molecule has 0 saturated heterocycles. The van der Waals surface area contributed by atoms with E-state index in [1.165, 1.54) is 12.5 Å². The van der Waals surface area contributed by atoms with Crippen LogP contribution in [0.4, 0.5) is 0 Å². The van der Waals surface area contributed by atoms with Crippen LogP contribution in [-0.2, 0) is 16.2 Å². The van der Waals surface area contributed by atoms with E-state index in [1.807, 2.05) is 43.3 Å². The van der Waals surface area contributed by atoms with Crippen LogP contribution >= 0.6 is 11.8 Å². The van der Waals surface area contributed by atoms with Gasteiger partial charge < -0.3 is 10.1 Å². The van der Waals surface area contributed by atoms with Gasteiger partial charge in [-0.2, -0.15) is 4.99 Å². The SMILES string of the molecule is CC(=O)NC1=NC(=O)/C(=C/c2cccc(OCc3ccc(C)cc3)c2)S1. The Morgan fingerprint density at radius 3 is 2.73 bits per heavy atom. The molecule has 1 aliphatic rings. The predicted molar refractivity (Wildman–Crippen MR) is 104 cm³/mol. The van der Waals surface area contributed by atoms with Gasteiger partial charge in [-0.15, -0.1) is 0 Å². The second kappa shape index (κ2) is 8.01.